The first-order valence-electron chi connectivity index (χ1n) is 8.58. The number of nitrogens with one attached hydrogen (secondary N) is 1. The first kappa shape index (κ1) is 16.5. The zero-order chi connectivity index (χ0) is 15.5. The van der Waals surface area contributed by atoms with E-state index in [2.05, 4.69) is 75.2 Å². The van der Waals surface area contributed by atoms with E-state index < -0.39 is 0 Å². The third-order valence-electron chi connectivity index (χ3n) is 5.57. The van der Waals surface area contributed by atoms with Gasteiger partial charge in [-0.15, -0.1) is 0 Å². The highest BCUT2D eigenvalue weighted by molar-refractivity contribution is 5.25. The fourth-order valence-electron chi connectivity index (χ4n) is 3.53. The number of hydrogen-bond donors (Lipinski definition) is 1. The van der Waals surface area contributed by atoms with Crippen LogP contribution in [0.2, 0.25) is 0 Å². The van der Waals surface area contributed by atoms with E-state index in [1.54, 1.807) is 0 Å². The minimum Gasteiger partial charge on any atom is -0.305 e. The van der Waals surface area contributed by atoms with Gasteiger partial charge in [0.25, 0.3) is 0 Å². The summed E-state index contributed by atoms with van der Waals surface area (Å²) in [5, 5.41) is 3.81. The lowest BCUT2D eigenvalue weighted by molar-refractivity contribution is 0.0297. The maximum absolute atomic E-state index is 3.81. The molecule has 2 nitrogen and oxygen atoms in total. The van der Waals surface area contributed by atoms with Crippen LogP contribution in [0.3, 0.4) is 0 Å². The normalized spacial score (nSPS) is 30.0. The molecule has 1 heterocycles. The summed E-state index contributed by atoms with van der Waals surface area (Å²) in [5.41, 5.74) is 1.47. The fraction of sp³-hybridized carbons (Fsp3) is 0.684. The summed E-state index contributed by atoms with van der Waals surface area (Å²) in [5.74, 6) is 0.747. The molecule has 4 unspecified atom stereocenters. The van der Waals surface area contributed by atoms with Crippen LogP contribution < -0.4 is 5.32 Å². The lowest BCUT2D eigenvalue weighted by Crippen LogP contribution is -2.63. The molecule has 1 aliphatic rings. The molecule has 0 bridgehead atoms. The third kappa shape index (κ3) is 3.49. The van der Waals surface area contributed by atoms with Crippen molar-refractivity contribution in [1.29, 1.82) is 0 Å². The van der Waals surface area contributed by atoms with E-state index in [9.17, 15) is 0 Å². The van der Waals surface area contributed by atoms with E-state index in [1.165, 1.54) is 18.4 Å². The van der Waals surface area contributed by atoms with Crippen molar-refractivity contribution >= 4 is 0 Å². The monoisotopic (exact) mass is 288 g/mol. The summed E-state index contributed by atoms with van der Waals surface area (Å²) >= 11 is 0. The largest absolute Gasteiger partial charge is 0.305 e. The number of nitrogens with zero attached hydrogens (tertiary/aromatic N) is 1. The first-order valence-corrected chi connectivity index (χ1v) is 8.58. The number of rotatable bonds is 5. The predicted molar refractivity (Wildman–Crippen MR) is 91.5 cm³/mol. The topological polar surface area (TPSA) is 15.3 Å². The molecular formula is C19H32N2. The Morgan fingerprint density at radius 2 is 1.90 bits per heavy atom. The number of hydrogen-bond acceptors (Lipinski definition) is 2. The molecule has 0 radical (unpaired) electrons. The van der Waals surface area contributed by atoms with Crippen molar-refractivity contribution in [2.75, 3.05) is 13.1 Å². The second-order valence-corrected chi connectivity index (χ2v) is 6.94. The maximum atomic E-state index is 3.81. The van der Waals surface area contributed by atoms with Gasteiger partial charge in [-0.2, -0.15) is 0 Å². The minimum absolute atomic E-state index is 0.0641. The van der Waals surface area contributed by atoms with Crippen molar-refractivity contribution in [3.05, 3.63) is 35.9 Å². The van der Waals surface area contributed by atoms with Gasteiger partial charge in [0.15, 0.2) is 0 Å². The molecule has 1 saturated heterocycles. The molecule has 21 heavy (non-hydrogen) atoms. The van der Waals surface area contributed by atoms with Gasteiger partial charge in [0, 0.05) is 25.2 Å². The van der Waals surface area contributed by atoms with Crippen molar-refractivity contribution in [3.63, 3.8) is 0 Å². The van der Waals surface area contributed by atoms with Crippen LogP contribution in [0.1, 0.15) is 53.0 Å². The van der Waals surface area contributed by atoms with Crippen LogP contribution in [0.5, 0.6) is 0 Å². The Bertz CT molecular complexity index is 430. The highest BCUT2D eigenvalue weighted by Gasteiger charge is 2.38. The first-order chi connectivity index (χ1) is 10.0. The zero-order valence-corrected chi connectivity index (χ0v) is 14.4. The summed E-state index contributed by atoms with van der Waals surface area (Å²) in [7, 11) is 0. The van der Waals surface area contributed by atoms with Gasteiger partial charge in [-0.25, -0.2) is 0 Å². The molecule has 1 aromatic carbocycles. The zero-order valence-electron chi connectivity index (χ0n) is 14.4. The Balaban J connectivity index is 2.22. The lowest BCUT2D eigenvalue weighted by Gasteiger charge is -2.50. The molecule has 0 aromatic heterocycles. The molecule has 1 aliphatic heterocycles. The van der Waals surface area contributed by atoms with Crippen molar-refractivity contribution in [1.82, 2.24) is 10.2 Å². The fourth-order valence-corrected chi connectivity index (χ4v) is 3.53. The molecule has 118 valence electrons. The standard InChI is InChI=1S/C19H32N2/c1-6-15(3)16(4)21-14-19(5,20-13-18(21)7-2)17-11-9-8-10-12-17/h8-12,15-16,18,20H,6-7,13-14H2,1-5H3. The molecule has 0 aliphatic carbocycles. The molecule has 1 aromatic rings. The van der Waals surface area contributed by atoms with Crippen LogP contribution in [-0.4, -0.2) is 30.1 Å². The predicted octanol–water partition coefficient (Wildman–Crippen LogP) is 4.02. The van der Waals surface area contributed by atoms with Gasteiger partial charge >= 0.3 is 0 Å². The molecule has 0 amide bonds. The summed E-state index contributed by atoms with van der Waals surface area (Å²) in [6, 6.07) is 12.2. The number of piperazine rings is 1. The molecule has 0 saturated carbocycles. The molecular weight excluding hydrogens is 256 g/mol. The molecule has 2 rings (SSSR count). The Kier molecular flexibility index (Phi) is 5.45. The van der Waals surface area contributed by atoms with Crippen LogP contribution in [-0.2, 0) is 5.54 Å². The van der Waals surface area contributed by atoms with Gasteiger partial charge in [-0.05, 0) is 31.7 Å². The van der Waals surface area contributed by atoms with Crippen molar-refractivity contribution < 1.29 is 0 Å². The van der Waals surface area contributed by atoms with E-state index in [4.69, 9.17) is 0 Å². The van der Waals surface area contributed by atoms with E-state index >= 15 is 0 Å². The van der Waals surface area contributed by atoms with Crippen molar-refractivity contribution in [3.8, 4) is 0 Å². The van der Waals surface area contributed by atoms with E-state index in [-0.39, 0.29) is 5.54 Å². The maximum Gasteiger partial charge on any atom is 0.0535 e. The Hall–Kier alpha value is -0.860. The number of benzene rings is 1. The molecule has 1 N–H and O–H groups in total. The Morgan fingerprint density at radius 3 is 2.48 bits per heavy atom. The second kappa shape index (κ2) is 6.93. The third-order valence-corrected chi connectivity index (χ3v) is 5.57. The average molecular weight is 288 g/mol. The van der Waals surface area contributed by atoms with E-state index in [0.29, 0.717) is 12.1 Å². The second-order valence-electron chi connectivity index (χ2n) is 6.94. The van der Waals surface area contributed by atoms with Crippen LogP contribution in [0, 0.1) is 5.92 Å². The van der Waals surface area contributed by atoms with Gasteiger partial charge < -0.3 is 5.32 Å². The van der Waals surface area contributed by atoms with Crippen LogP contribution in [0.25, 0.3) is 0 Å². The van der Waals surface area contributed by atoms with Crippen molar-refractivity contribution in [2.24, 2.45) is 5.92 Å². The summed E-state index contributed by atoms with van der Waals surface area (Å²) in [6.45, 7) is 14.0. The SMILES string of the molecule is CCC(C)C(C)N1CC(C)(c2ccccc2)NCC1CC. The molecule has 0 spiro atoms. The van der Waals surface area contributed by atoms with Crippen molar-refractivity contribution in [2.45, 2.75) is 65.1 Å². The highest BCUT2D eigenvalue weighted by atomic mass is 15.3. The summed E-state index contributed by atoms with van der Waals surface area (Å²) < 4.78 is 0. The molecule has 2 heteroatoms. The molecule has 4 atom stereocenters. The van der Waals surface area contributed by atoms with E-state index in [1.807, 2.05) is 0 Å². The average Bonchev–Trinajstić information content (AvgIpc) is 2.54. The van der Waals surface area contributed by atoms with Crippen LogP contribution in [0.4, 0.5) is 0 Å². The lowest BCUT2D eigenvalue weighted by atomic mass is 9.85. The van der Waals surface area contributed by atoms with Gasteiger partial charge in [0.2, 0.25) is 0 Å². The van der Waals surface area contributed by atoms with Gasteiger partial charge in [-0.3, -0.25) is 4.90 Å². The highest BCUT2D eigenvalue weighted by Crippen LogP contribution is 2.30. The van der Waals surface area contributed by atoms with Crippen LogP contribution >= 0.6 is 0 Å². The smallest absolute Gasteiger partial charge is 0.0535 e. The summed E-state index contributed by atoms with van der Waals surface area (Å²) in [4.78, 5) is 2.75. The quantitative estimate of drug-likeness (QED) is 0.880. The van der Waals surface area contributed by atoms with Gasteiger partial charge in [-0.1, -0.05) is 57.5 Å². The molecule has 1 fully saturated rings. The van der Waals surface area contributed by atoms with E-state index in [0.717, 1.165) is 19.0 Å². The van der Waals surface area contributed by atoms with Crippen LogP contribution in [0.15, 0.2) is 30.3 Å². The minimum atomic E-state index is 0.0641. The van der Waals surface area contributed by atoms with Gasteiger partial charge in [0.1, 0.15) is 0 Å². The Labute approximate surface area is 130 Å². The van der Waals surface area contributed by atoms with Gasteiger partial charge in [0.05, 0.1) is 5.54 Å². The summed E-state index contributed by atoms with van der Waals surface area (Å²) in [6.07, 6.45) is 2.47. The Morgan fingerprint density at radius 1 is 1.24 bits per heavy atom.